The van der Waals surface area contributed by atoms with Crippen molar-refractivity contribution in [3.63, 3.8) is 0 Å². The molecule has 0 saturated carbocycles. The van der Waals surface area contributed by atoms with Gasteiger partial charge in [-0.2, -0.15) is 0 Å². The van der Waals surface area contributed by atoms with E-state index >= 15 is 0 Å². The van der Waals surface area contributed by atoms with Crippen molar-refractivity contribution >= 4 is 11.7 Å². The number of halogens is 1. The average Bonchev–Trinajstić information content (AvgIpc) is 3.14. The molecule has 0 radical (unpaired) electrons. The molecule has 0 bridgehead atoms. The van der Waals surface area contributed by atoms with Crippen LogP contribution in [0.2, 0.25) is 0 Å². The normalized spacial score (nSPS) is 11.0. The van der Waals surface area contributed by atoms with Gasteiger partial charge in [-0.15, -0.1) is 0 Å². The Morgan fingerprint density at radius 2 is 1.83 bits per heavy atom. The van der Waals surface area contributed by atoms with Gasteiger partial charge in [-0.25, -0.2) is 9.18 Å². The minimum absolute atomic E-state index is 0.119. The molecule has 0 aliphatic heterocycles. The molecule has 0 unspecified atom stereocenters. The van der Waals surface area contributed by atoms with Crippen LogP contribution in [0, 0.1) is 11.7 Å². The summed E-state index contributed by atoms with van der Waals surface area (Å²) in [5.41, 5.74) is 3.93. The molecule has 0 aliphatic carbocycles. The van der Waals surface area contributed by atoms with Gasteiger partial charge in [0.2, 0.25) is 0 Å². The van der Waals surface area contributed by atoms with Crippen LogP contribution in [0.15, 0.2) is 66.9 Å². The fourth-order valence-corrected chi connectivity index (χ4v) is 3.46. The third-order valence-electron chi connectivity index (χ3n) is 5.00. The van der Waals surface area contributed by atoms with Gasteiger partial charge >= 0.3 is 6.03 Å². The first-order valence-corrected chi connectivity index (χ1v) is 10.5. The maximum absolute atomic E-state index is 13.5. The van der Waals surface area contributed by atoms with Crippen LogP contribution in [0.5, 0.6) is 0 Å². The lowest BCUT2D eigenvalue weighted by Gasteiger charge is -2.26. The molecule has 0 saturated heterocycles. The van der Waals surface area contributed by atoms with E-state index < -0.39 is 0 Å². The molecule has 158 valence electrons. The predicted octanol–water partition coefficient (Wildman–Crippen LogP) is 5.93. The summed E-state index contributed by atoms with van der Waals surface area (Å²) in [6.07, 6.45) is 2.94. The first-order chi connectivity index (χ1) is 14.4. The van der Waals surface area contributed by atoms with E-state index in [1.165, 1.54) is 11.6 Å². The van der Waals surface area contributed by atoms with Crippen molar-refractivity contribution in [3.8, 4) is 0 Å². The Hall–Kier alpha value is -3.08. The lowest BCUT2D eigenvalue weighted by Crippen LogP contribution is -2.37. The van der Waals surface area contributed by atoms with Gasteiger partial charge in [-0.3, -0.25) is 0 Å². The van der Waals surface area contributed by atoms with Crippen molar-refractivity contribution in [2.24, 2.45) is 5.92 Å². The molecule has 0 atom stereocenters. The SMILES string of the molecule is CCc1ccc(NC(=O)N(Cc2cccn2Cc2cccc(F)c2)CC(C)C)cc1. The van der Waals surface area contributed by atoms with E-state index in [4.69, 9.17) is 0 Å². The smallest absolute Gasteiger partial charge is 0.322 e. The number of rotatable bonds is 8. The highest BCUT2D eigenvalue weighted by molar-refractivity contribution is 5.89. The lowest BCUT2D eigenvalue weighted by atomic mass is 10.1. The molecule has 0 fully saturated rings. The molecule has 2 aromatic carbocycles. The molecule has 3 aromatic rings. The number of anilines is 1. The molecule has 5 heteroatoms. The van der Waals surface area contributed by atoms with Gasteiger partial charge in [0.15, 0.2) is 0 Å². The van der Waals surface area contributed by atoms with Crippen molar-refractivity contribution in [3.05, 3.63) is 89.5 Å². The van der Waals surface area contributed by atoms with E-state index in [1.54, 1.807) is 12.1 Å². The Balaban J connectivity index is 1.73. The minimum atomic E-state index is -0.240. The van der Waals surface area contributed by atoms with Crippen molar-refractivity contribution in [2.75, 3.05) is 11.9 Å². The summed E-state index contributed by atoms with van der Waals surface area (Å²) in [5, 5.41) is 3.02. The van der Waals surface area contributed by atoms with Gasteiger partial charge in [0.1, 0.15) is 5.82 Å². The fourth-order valence-electron chi connectivity index (χ4n) is 3.46. The van der Waals surface area contributed by atoms with E-state index in [-0.39, 0.29) is 11.8 Å². The van der Waals surface area contributed by atoms with Crippen LogP contribution in [0.3, 0.4) is 0 Å². The van der Waals surface area contributed by atoms with Gasteiger partial charge in [-0.1, -0.05) is 45.0 Å². The number of aromatic nitrogens is 1. The number of nitrogens with one attached hydrogen (secondary N) is 1. The van der Waals surface area contributed by atoms with Gasteiger partial charge in [0, 0.05) is 30.7 Å². The Kier molecular flexibility index (Phi) is 7.28. The van der Waals surface area contributed by atoms with Crippen molar-refractivity contribution < 1.29 is 9.18 Å². The van der Waals surface area contributed by atoms with Crippen LogP contribution in [0.25, 0.3) is 0 Å². The Morgan fingerprint density at radius 1 is 1.07 bits per heavy atom. The summed E-state index contributed by atoms with van der Waals surface area (Å²) in [4.78, 5) is 14.8. The maximum atomic E-state index is 13.5. The van der Waals surface area contributed by atoms with E-state index in [1.807, 2.05) is 53.6 Å². The highest BCUT2D eigenvalue weighted by atomic mass is 19.1. The quantitative estimate of drug-likeness (QED) is 0.494. The molecular weight excluding hydrogens is 377 g/mol. The van der Waals surface area contributed by atoms with Crippen molar-refractivity contribution in [2.45, 2.75) is 40.3 Å². The number of amides is 2. The monoisotopic (exact) mass is 407 g/mol. The zero-order valence-corrected chi connectivity index (χ0v) is 17.9. The number of carbonyl (C=O) groups excluding carboxylic acids is 1. The van der Waals surface area contributed by atoms with Crippen LogP contribution in [-0.4, -0.2) is 22.0 Å². The number of urea groups is 1. The minimum Gasteiger partial charge on any atom is -0.345 e. The summed E-state index contributed by atoms with van der Waals surface area (Å²) < 4.78 is 15.6. The fraction of sp³-hybridized carbons (Fsp3) is 0.320. The molecule has 0 spiro atoms. The van der Waals surface area contributed by atoms with Gasteiger partial charge < -0.3 is 14.8 Å². The van der Waals surface area contributed by atoms with E-state index in [2.05, 4.69) is 30.7 Å². The molecule has 2 amide bonds. The van der Waals surface area contributed by atoms with Gasteiger partial charge in [-0.05, 0) is 59.9 Å². The van der Waals surface area contributed by atoms with Crippen LogP contribution in [0.4, 0.5) is 14.9 Å². The van der Waals surface area contributed by atoms with Crippen molar-refractivity contribution in [1.82, 2.24) is 9.47 Å². The Bertz CT molecular complexity index is 963. The second-order valence-corrected chi connectivity index (χ2v) is 8.01. The van der Waals surface area contributed by atoms with Crippen LogP contribution in [0.1, 0.15) is 37.6 Å². The molecule has 4 nitrogen and oxygen atoms in total. The van der Waals surface area contributed by atoms with E-state index in [0.29, 0.717) is 25.6 Å². The van der Waals surface area contributed by atoms with E-state index in [9.17, 15) is 9.18 Å². The second-order valence-electron chi connectivity index (χ2n) is 8.01. The lowest BCUT2D eigenvalue weighted by molar-refractivity contribution is 0.200. The molecule has 1 N–H and O–H groups in total. The molecular formula is C25H30FN3O. The first kappa shape index (κ1) is 21.6. The number of nitrogens with zero attached hydrogens (tertiary/aromatic N) is 2. The second kappa shape index (κ2) is 10.1. The third kappa shape index (κ3) is 5.96. The standard InChI is InChI=1S/C25H30FN3O/c1-4-20-10-12-23(13-11-20)27-25(30)29(16-19(2)3)18-24-9-6-14-28(24)17-21-7-5-8-22(26)15-21/h5-15,19H,4,16-18H2,1-3H3,(H,27,30). The van der Waals surface area contributed by atoms with Gasteiger partial charge in [0.05, 0.1) is 6.54 Å². The number of hydrogen-bond acceptors (Lipinski definition) is 1. The van der Waals surface area contributed by atoms with E-state index in [0.717, 1.165) is 23.4 Å². The highest BCUT2D eigenvalue weighted by Gasteiger charge is 2.17. The number of hydrogen-bond donors (Lipinski definition) is 1. The van der Waals surface area contributed by atoms with Gasteiger partial charge in [0.25, 0.3) is 0 Å². The summed E-state index contributed by atoms with van der Waals surface area (Å²) in [5.74, 6) is 0.0981. The number of benzene rings is 2. The molecule has 30 heavy (non-hydrogen) atoms. The summed E-state index contributed by atoms with van der Waals surface area (Å²) in [7, 11) is 0. The van der Waals surface area contributed by atoms with Crippen LogP contribution in [-0.2, 0) is 19.5 Å². The molecule has 1 aromatic heterocycles. The molecule has 1 heterocycles. The Morgan fingerprint density at radius 3 is 2.50 bits per heavy atom. The first-order valence-electron chi connectivity index (χ1n) is 10.5. The number of carbonyl (C=O) groups is 1. The summed E-state index contributed by atoms with van der Waals surface area (Å²) >= 11 is 0. The average molecular weight is 408 g/mol. The molecule has 0 aliphatic rings. The number of aryl methyl sites for hydroxylation is 1. The highest BCUT2D eigenvalue weighted by Crippen LogP contribution is 2.15. The van der Waals surface area contributed by atoms with Crippen LogP contribution < -0.4 is 5.32 Å². The largest absolute Gasteiger partial charge is 0.345 e. The maximum Gasteiger partial charge on any atom is 0.322 e. The third-order valence-corrected chi connectivity index (χ3v) is 5.00. The van der Waals surface area contributed by atoms with Crippen LogP contribution >= 0.6 is 0 Å². The summed E-state index contributed by atoms with van der Waals surface area (Å²) in [6, 6.07) is 18.4. The zero-order chi connectivity index (χ0) is 21.5. The predicted molar refractivity (Wildman–Crippen MR) is 120 cm³/mol. The van der Waals surface area contributed by atoms with Crippen molar-refractivity contribution in [1.29, 1.82) is 0 Å². The molecule has 3 rings (SSSR count). The summed E-state index contributed by atoms with van der Waals surface area (Å²) in [6.45, 7) is 8.00. The Labute approximate surface area is 178 Å². The topological polar surface area (TPSA) is 37.3 Å². The zero-order valence-electron chi connectivity index (χ0n) is 17.9.